The first kappa shape index (κ1) is 51.8. The third kappa shape index (κ3) is 8.75. The lowest BCUT2D eigenvalue weighted by atomic mass is 9.71. The van der Waals surface area contributed by atoms with Crippen molar-refractivity contribution in [2.45, 2.75) is 169 Å². The lowest BCUT2D eigenvalue weighted by Gasteiger charge is -2.31. The Kier molecular flexibility index (Phi) is 13.2. The third-order valence-corrected chi connectivity index (χ3v) is 19.5. The maximum atomic E-state index is 12.2. The van der Waals surface area contributed by atoms with Gasteiger partial charge in [-0.2, -0.15) is 5.26 Å². The number of hydrogen-bond donors (Lipinski definition) is 1. The van der Waals surface area contributed by atoms with Gasteiger partial charge in [0.2, 0.25) is 0 Å². The molecule has 0 atom stereocenters. The number of benzene rings is 7. The van der Waals surface area contributed by atoms with E-state index in [1.54, 1.807) is 17.4 Å². The second-order valence-electron chi connectivity index (χ2n) is 25.3. The van der Waals surface area contributed by atoms with Gasteiger partial charge >= 0.3 is 5.97 Å². The Morgan fingerprint density at radius 3 is 1.63 bits per heavy atom. The molecule has 0 bridgehead atoms. The van der Waals surface area contributed by atoms with Crippen molar-refractivity contribution in [3.63, 3.8) is 0 Å². The largest absolute Gasteiger partial charge is 0.477 e. The van der Waals surface area contributed by atoms with Crippen LogP contribution in [0.4, 0.5) is 0 Å². The third-order valence-electron chi connectivity index (χ3n) is 17.1. The number of aromatic nitrogens is 1. The van der Waals surface area contributed by atoms with Crippen LogP contribution in [0.5, 0.6) is 0 Å². The Hall–Kier alpha value is -6.26. The molecule has 10 aromatic rings. The predicted octanol–water partition coefficient (Wildman–Crippen LogP) is 20.7. The fraction of sp³-hybridized carbons (Fsp3) is 0.371. The quantitative estimate of drug-likeness (QED) is 0.0345. The van der Waals surface area contributed by atoms with E-state index >= 15 is 0 Å². The minimum Gasteiger partial charge on any atom is -0.477 e. The van der Waals surface area contributed by atoms with Crippen LogP contribution in [0.15, 0.2) is 109 Å². The van der Waals surface area contributed by atoms with Crippen LogP contribution in [0.3, 0.4) is 0 Å². The number of aliphatic carboxylic acids is 1. The SMILES string of the molecule is CCCCCCC1(CCCCCC)c2cc(/C=C(/C#N)C(=O)O)sc2-c2sc(-c3cc4c5c6c3cccc6c3cccc6c(-c7ccc(C(C)(C)C)cc7)cc(c5c63)n4Cc3cc(C(C)(C)C)cc(C(C)(C)C)c3)cc21. The Morgan fingerprint density at radius 1 is 0.592 bits per heavy atom. The van der Waals surface area contributed by atoms with Crippen molar-refractivity contribution < 1.29 is 9.90 Å². The minimum absolute atomic E-state index is 0.0238. The van der Waals surface area contributed by atoms with Crippen LogP contribution in [0.1, 0.15) is 179 Å². The van der Waals surface area contributed by atoms with Crippen molar-refractivity contribution in [2.24, 2.45) is 0 Å². The van der Waals surface area contributed by atoms with Crippen molar-refractivity contribution in [3.05, 3.63) is 147 Å². The molecule has 11 rings (SSSR count). The van der Waals surface area contributed by atoms with Crippen molar-refractivity contribution >= 4 is 88.8 Å². The highest BCUT2D eigenvalue weighted by molar-refractivity contribution is 7.24. The normalized spacial score (nSPS) is 14.1. The summed E-state index contributed by atoms with van der Waals surface area (Å²) >= 11 is 3.58. The highest BCUT2D eigenvalue weighted by Gasteiger charge is 2.45. The van der Waals surface area contributed by atoms with E-state index < -0.39 is 5.97 Å². The number of unbranched alkanes of at least 4 members (excludes halogenated alkanes) is 6. The smallest absolute Gasteiger partial charge is 0.346 e. The second-order valence-corrected chi connectivity index (χ2v) is 27.5. The molecule has 1 N–H and O–H groups in total. The van der Waals surface area contributed by atoms with Crippen molar-refractivity contribution in [1.29, 1.82) is 5.26 Å². The number of thiophene rings is 2. The molecule has 76 heavy (non-hydrogen) atoms. The van der Waals surface area contributed by atoms with Gasteiger partial charge in [0.05, 0.1) is 11.0 Å². The summed E-state index contributed by atoms with van der Waals surface area (Å²) < 4.78 is 2.67. The van der Waals surface area contributed by atoms with Gasteiger partial charge in [-0.1, -0.05) is 206 Å². The molecular formula is C70H74N2O2S2. The average molecular weight is 1040 g/mol. The number of rotatable bonds is 16. The highest BCUT2D eigenvalue weighted by Crippen LogP contribution is 2.62. The van der Waals surface area contributed by atoms with Gasteiger partial charge in [0.1, 0.15) is 11.6 Å². The summed E-state index contributed by atoms with van der Waals surface area (Å²) in [6.45, 7) is 26.2. The van der Waals surface area contributed by atoms with Crippen molar-refractivity contribution in [1.82, 2.24) is 4.57 Å². The summed E-state index contributed by atoms with van der Waals surface area (Å²) in [4.78, 5) is 16.9. The monoisotopic (exact) mass is 1040 g/mol. The van der Waals surface area contributed by atoms with Crippen LogP contribution in [0.2, 0.25) is 0 Å². The molecule has 0 unspecified atom stereocenters. The molecule has 3 heterocycles. The van der Waals surface area contributed by atoms with Gasteiger partial charge in [0.15, 0.2) is 0 Å². The van der Waals surface area contributed by atoms with E-state index in [0.717, 1.165) is 37.1 Å². The van der Waals surface area contributed by atoms with Crippen LogP contribution in [0, 0.1) is 11.3 Å². The van der Waals surface area contributed by atoms with Crippen LogP contribution in [-0.4, -0.2) is 15.6 Å². The standard InChI is InChI=1S/C70H74N2O2S2/c1-12-14-16-18-30-70(31-19-17-15-13-2)55-36-48(34-44(40-71)66(73)74)75-64(55)65-56(70)39-59(76-65)54-38-58-63-61-50(23-21-25-52(54)61)49-22-20-24-51-53(43-26-28-45(29-27-43)67(3,4)5)37-57(62(63)60(49)51)72(58)41-42-32-46(68(6,7)8)35-47(33-42)69(9,10)11/h20-29,32-39H,12-19,30-31,41H2,1-11H3,(H,73,74)/b44-34-. The molecular weight excluding hydrogens is 965 g/mol. The zero-order chi connectivity index (χ0) is 53.6. The maximum Gasteiger partial charge on any atom is 0.346 e. The summed E-state index contributed by atoms with van der Waals surface area (Å²) in [6.07, 6.45) is 13.1. The summed E-state index contributed by atoms with van der Waals surface area (Å²) in [5, 5.41) is 30.4. The lowest BCUT2D eigenvalue weighted by Crippen LogP contribution is -2.25. The number of nitrogens with zero attached hydrogens (tertiary/aromatic N) is 2. The molecule has 3 aromatic heterocycles. The number of carboxylic acids is 1. The topological polar surface area (TPSA) is 66.0 Å². The highest BCUT2D eigenvalue weighted by atomic mass is 32.1. The molecule has 0 saturated carbocycles. The maximum absolute atomic E-state index is 12.2. The minimum atomic E-state index is -1.18. The zero-order valence-corrected chi connectivity index (χ0v) is 48.4. The first-order chi connectivity index (χ1) is 36.2. The van der Waals surface area contributed by atoms with Gasteiger partial charge in [0, 0.05) is 58.6 Å². The van der Waals surface area contributed by atoms with E-state index in [2.05, 4.69) is 184 Å². The molecule has 7 aromatic carbocycles. The summed E-state index contributed by atoms with van der Waals surface area (Å²) in [5.74, 6) is -1.18. The Labute approximate surface area is 458 Å². The fourth-order valence-electron chi connectivity index (χ4n) is 12.9. The number of carbonyl (C=O) groups is 1. The van der Waals surface area contributed by atoms with Gasteiger partial charge < -0.3 is 9.67 Å². The van der Waals surface area contributed by atoms with Crippen LogP contribution >= 0.6 is 22.7 Å². The number of carboxylic acid groups (broad SMARTS) is 1. The van der Waals surface area contributed by atoms with Crippen molar-refractivity contribution in [3.8, 4) is 37.4 Å². The average Bonchev–Trinajstić information content (AvgIpc) is 4.28. The molecule has 0 aliphatic heterocycles. The molecule has 0 fully saturated rings. The van der Waals surface area contributed by atoms with Gasteiger partial charge in [-0.05, 0) is 125 Å². The van der Waals surface area contributed by atoms with Crippen molar-refractivity contribution in [2.75, 3.05) is 0 Å². The Morgan fingerprint density at radius 2 is 1.11 bits per heavy atom. The molecule has 6 heteroatoms. The first-order valence-electron chi connectivity index (χ1n) is 28.1. The van der Waals surface area contributed by atoms with Crippen LogP contribution < -0.4 is 0 Å². The first-order valence-corrected chi connectivity index (χ1v) is 29.8. The lowest BCUT2D eigenvalue weighted by molar-refractivity contribution is -0.132. The van der Waals surface area contributed by atoms with E-state index in [-0.39, 0.29) is 27.2 Å². The fourth-order valence-corrected chi connectivity index (χ4v) is 15.5. The van der Waals surface area contributed by atoms with E-state index in [1.807, 2.05) is 17.4 Å². The van der Waals surface area contributed by atoms with Gasteiger partial charge in [-0.3, -0.25) is 0 Å². The predicted molar refractivity (Wildman–Crippen MR) is 328 cm³/mol. The van der Waals surface area contributed by atoms with E-state index in [9.17, 15) is 15.2 Å². The second kappa shape index (κ2) is 19.3. The molecule has 0 saturated heterocycles. The molecule has 0 amide bonds. The Balaban J connectivity index is 1.21. The molecule has 1 aliphatic rings. The van der Waals surface area contributed by atoms with Crippen LogP contribution in [-0.2, 0) is 33.0 Å². The van der Waals surface area contributed by atoms with Gasteiger partial charge in [-0.25, -0.2) is 4.79 Å². The Bertz CT molecular complexity index is 3870. The van der Waals surface area contributed by atoms with E-state index in [0.29, 0.717) is 0 Å². The van der Waals surface area contributed by atoms with Gasteiger partial charge in [0.25, 0.3) is 0 Å². The van der Waals surface area contributed by atoms with Gasteiger partial charge in [-0.15, -0.1) is 22.7 Å². The molecule has 0 radical (unpaired) electrons. The molecule has 388 valence electrons. The number of hydrogen-bond acceptors (Lipinski definition) is 4. The van der Waals surface area contributed by atoms with Crippen LogP contribution in [0.25, 0.3) is 91.5 Å². The molecule has 1 aliphatic carbocycles. The summed E-state index contributed by atoms with van der Waals surface area (Å²) in [5.41, 5.74) is 14.0. The van der Waals surface area contributed by atoms with E-state index in [4.69, 9.17) is 0 Å². The summed E-state index contributed by atoms with van der Waals surface area (Å²) in [7, 11) is 0. The number of fused-ring (bicyclic) bond motifs is 4. The number of nitriles is 1. The zero-order valence-electron chi connectivity index (χ0n) is 46.7. The molecule has 4 nitrogen and oxygen atoms in total. The summed E-state index contributed by atoms with van der Waals surface area (Å²) in [6, 6.07) is 42.6. The molecule has 0 spiro atoms. The van der Waals surface area contributed by atoms with E-state index in [1.165, 1.54) is 157 Å².